The van der Waals surface area contributed by atoms with E-state index in [4.69, 9.17) is 14.2 Å². The molecule has 1 amide bonds. The molecule has 2 aromatic carbocycles. The van der Waals surface area contributed by atoms with E-state index in [0.29, 0.717) is 36.2 Å². The number of aromatic nitrogens is 2. The van der Waals surface area contributed by atoms with Gasteiger partial charge in [0, 0.05) is 29.9 Å². The van der Waals surface area contributed by atoms with Crippen LogP contribution in [-0.2, 0) is 6.54 Å². The Kier molecular flexibility index (Phi) is 7.64. The maximum atomic E-state index is 12.0. The maximum absolute atomic E-state index is 12.0. The first kappa shape index (κ1) is 21.9. The molecule has 0 spiro atoms. The summed E-state index contributed by atoms with van der Waals surface area (Å²) in [4.78, 5) is 20.4. The highest BCUT2D eigenvalue weighted by Crippen LogP contribution is 2.27. The van der Waals surface area contributed by atoms with Crippen molar-refractivity contribution in [2.75, 3.05) is 26.1 Å². The van der Waals surface area contributed by atoms with Gasteiger partial charge in [-0.05, 0) is 36.8 Å². The van der Waals surface area contributed by atoms with E-state index in [2.05, 4.69) is 20.6 Å². The van der Waals surface area contributed by atoms with Gasteiger partial charge in [0.2, 0.25) is 11.8 Å². The molecule has 31 heavy (non-hydrogen) atoms. The van der Waals surface area contributed by atoms with Crippen molar-refractivity contribution in [3.05, 3.63) is 65.7 Å². The van der Waals surface area contributed by atoms with Crippen molar-refractivity contribution in [3.63, 3.8) is 0 Å². The van der Waals surface area contributed by atoms with Crippen LogP contribution in [0.2, 0.25) is 0 Å². The number of carbonyl (C=O) groups excluding carboxylic acids is 1. The SMILES string of the molecule is CCCNC(=O)c1ccc(NCc2ccccc2Oc2nc(OC)cc(OC)n2)cc1. The van der Waals surface area contributed by atoms with Gasteiger partial charge in [-0.3, -0.25) is 4.79 Å². The van der Waals surface area contributed by atoms with E-state index < -0.39 is 0 Å². The lowest BCUT2D eigenvalue weighted by molar-refractivity contribution is 0.0953. The van der Waals surface area contributed by atoms with Crippen molar-refractivity contribution in [1.29, 1.82) is 0 Å². The number of para-hydroxylation sites is 1. The molecule has 8 nitrogen and oxygen atoms in total. The summed E-state index contributed by atoms with van der Waals surface area (Å²) in [7, 11) is 3.03. The van der Waals surface area contributed by atoms with Crippen LogP contribution in [0.3, 0.4) is 0 Å². The van der Waals surface area contributed by atoms with Crippen LogP contribution in [0.5, 0.6) is 23.5 Å². The highest BCUT2D eigenvalue weighted by molar-refractivity contribution is 5.94. The number of ether oxygens (including phenoxy) is 3. The smallest absolute Gasteiger partial charge is 0.328 e. The zero-order valence-corrected chi connectivity index (χ0v) is 17.8. The van der Waals surface area contributed by atoms with Crippen LogP contribution in [0.25, 0.3) is 0 Å². The Labute approximate surface area is 181 Å². The Morgan fingerprint density at radius 1 is 0.968 bits per heavy atom. The van der Waals surface area contributed by atoms with E-state index in [1.807, 2.05) is 43.3 Å². The molecule has 0 bridgehead atoms. The number of nitrogens with zero attached hydrogens (tertiary/aromatic N) is 2. The predicted molar refractivity (Wildman–Crippen MR) is 118 cm³/mol. The Hall–Kier alpha value is -3.81. The predicted octanol–water partition coefficient (Wildman–Crippen LogP) is 4.04. The maximum Gasteiger partial charge on any atom is 0.328 e. The van der Waals surface area contributed by atoms with Crippen LogP contribution in [0, 0.1) is 0 Å². The minimum Gasteiger partial charge on any atom is -0.481 e. The molecule has 0 aliphatic heterocycles. The number of anilines is 1. The van der Waals surface area contributed by atoms with Gasteiger partial charge < -0.3 is 24.8 Å². The quantitative estimate of drug-likeness (QED) is 0.509. The topological polar surface area (TPSA) is 94.6 Å². The molecular formula is C23H26N4O4. The molecule has 0 fully saturated rings. The van der Waals surface area contributed by atoms with E-state index in [1.165, 1.54) is 14.2 Å². The number of amides is 1. The summed E-state index contributed by atoms with van der Waals surface area (Å²) in [5.41, 5.74) is 2.44. The molecule has 0 unspecified atom stereocenters. The Morgan fingerprint density at radius 3 is 2.29 bits per heavy atom. The van der Waals surface area contributed by atoms with Crippen molar-refractivity contribution in [2.24, 2.45) is 0 Å². The molecule has 162 valence electrons. The Balaban J connectivity index is 1.68. The number of rotatable bonds is 10. The molecule has 0 aliphatic rings. The van der Waals surface area contributed by atoms with Crippen LogP contribution in [0.1, 0.15) is 29.3 Å². The van der Waals surface area contributed by atoms with Gasteiger partial charge in [-0.25, -0.2) is 0 Å². The molecule has 1 aromatic heterocycles. The number of hydrogen-bond donors (Lipinski definition) is 2. The van der Waals surface area contributed by atoms with Gasteiger partial charge in [-0.1, -0.05) is 25.1 Å². The molecule has 0 atom stereocenters. The Morgan fingerprint density at radius 2 is 1.65 bits per heavy atom. The fourth-order valence-electron chi connectivity index (χ4n) is 2.76. The summed E-state index contributed by atoms with van der Waals surface area (Å²) < 4.78 is 16.2. The summed E-state index contributed by atoms with van der Waals surface area (Å²) in [6.07, 6.45) is 0.903. The molecule has 2 N–H and O–H groups in total. The van der Waals surface area contributed by atoms with E-state index in [0.717, 1.165) is 17.7 Å². The zero-order chi connectivity index (χ0) is 22.1. The number of benzene rings is 2. The van der Waals surface area contributed by atoms with Gasteiger partial charge in [-0.2, -0.15) is 9.97 Å². The van der Waals surface area contributed by atoms with Crippen molar-refractivity contribution >= 4 is 11.6 Å². The second-order valence-electron chi connectivity index (χ2n) is 6.63. The normalized spacial score (nSPS) is 10.3. The summed E-state index contributed by atoms with van der Waals surface area (Å²) in [6.45, 7) is 3.20. The fourth-order valence-corrected chi connectivity index (χ4v) is 2.76. The third-order valence-electron chi connectivity index (χ3n) is 4.42. The van der Waals surface area contributed by atoms with Crippen LogP contribution in [0.15, 0.2) is 54.6 Å². The van der Waals surface area contributed by atoms with Crippen LogP contribution < -0.4 is 24.8 Å². The van der Waals surface area contributed by atoms with Gasteiger partial charge in [0.25, 0.3) is 5.91 Å². The minimum atomic E-state index is -0.0686. The number of carbonyl (C=O) groups is 1. The second kappa shape index (κ2) is 10.8. The lowest BCUT2D eigenvalue weighted by Gasteiger charge is -2.13. The average Bonchev–Trinajstić information content (AvgIpc) is 2.82. The van der Waals surface area contributed by atoms with Crippen LogP contribution in [0.4, 0.5) is 5.69 Å². The van der Waals surface area contributed by atoms with E-state index >= 15 is 0 Å². The molecule has 3 aromatic rings. The molecule has 3 rings (SSSR count). The second-order valence-corrected chi connectivity index (χ2v) is 6.63. The van der Waals surface area contributed by atoms with Crippen molar-refractivity contribution in [1.82, 2.24) is 15.3 Å². The van der Waals surface area contributed by atoms with Crippen molar-refractivity contribution < 1.29 is 19.0 Å². The lowest BCUT2D eigenvalue weighted by atomic mass is 10.1. The first-order chi connectivity index (χ1) is 15.1. The van der Waals surface area contributed by atoms with Crippen LogP contribution >= 0.6 is 0 Å². The average molecular weight is 422 g/mol. The Bertz CT molecular complexity index is 986. The third-order valence-corrected chi connectivity index (χ3v) is 4.42. The molecule has 0 radical (unpaired) electrons. The van der Waals surface area contributed by atoms with E-state index in [1.54, 1.807) is 18.2 Å². The molecule has 0 saturated heterocycles. The van der Waals surface area contributed by atoms with Gasteiger partial charge in [0.05, 0.1) is 20.3 Å². The lowest BCUT2D eigenvalue weighted by Crippen LogP contribution is -2.23. The number of methoxy groups -OCH3 is 2. The third kappa shape index (κ3) is 6.08. The molecular weight excluding hydrogens is 396 g/mol. The highest BCUT2D eigenvalue weighted by atomic mass is 16.5. The summed E-state index contributed by atoms with van der Waals surface area (Å²) >= 11 is 0. The number of nitrogens with one attached hydrogen (secondary N) is 2. The van der Waals surface area contributed by atoms with E-state index in [-0.39, 0.29) is 11.9 Å². The summed E-state index contributed by atoms with van der Waals surface area (Å²) in [5.74, 6) is 1.24. The first-order valence-electron chi connectivity index (χ1n) is 9.98. The minimum absolute atomic E-state index is 0.0686. The zero-order valence-electron chi connectivity index (χ0n) is 17.8. The largest absolute Gasteiger partial charge is 0.481 e. The monoisotopic (exact) mass is 422 g/mol. The molecule has 8 heteroatoms. The summed E-state index contributed by atoms with van der Waals surface area (Å²) in [6, 6.07) is 16.6. The fraction of sp³-hybridized carbons (Fsp3) is 0.261. The van der Waals surface area contributed by atoms with Gasteiger partial charge >= 0.3 is 6.01 Å². The van der Waals surface area contributed by atoms with Crippen molar-refractivity contribution in [3.8, 4) is 23.5 Å². The van der Waals surface area contributed by atoms with E-state index in [9.17, 15) is 4.79 Å². The summed E-state index contributed by atoms with van der Waals surface area (Å²) in [5, 5.41) is 6.21. The molecule has 0 aliphatic carbocycles. The van der Waals surface area contributed by atoms with Crippen LogP contribution in [-0.4, -0.2) is 36.6 Å². The first-order valence-corrected chi connectivity index (χ1v) is 9.98. The molecule has 0 saturated carbocycles. The van der Waals surface area contributed by atoms with Gasteiger partial charge in [-0.15, -0.1) is 0 Å². The number of hydrogen-bond acceptors (Lipinski definition) is 7. The van der Waals surface area contributed by atoms with Gasteiger partial charge in [0.1, 0.15) is 5.75 Å². The standard InChI is InChI=1S/C23H26N4O4/c1-4-13-24-22(28)16-9-11-18(12-10-16)25-15-17-7-5-6-8-19(17)31-23-26-20(29-2)14-21(27-23)30-3/h5-12,14,25H,4,13,15H2,1-3H3,(H,24,28). The highest BCUT2D eigenvalue weighted by Gasteiger charge is 2.11. The molecule has 1 heterocycles. The van der Waals surface area contributed by atoms with Crippen molar-refractivity contribution in [2.45, 2.75) is 19.9 Å². The van der Waals surface area contributed by atoms with Gasteiger partial charge in [0.15, 0.2) is 0 Å².